The zero-order chi connectivity index (χ0) is 13.8. The summed E-state index contributed by atoms with van der Waals surface area (Å²) < 4.78 is 1.97. The molecule has 0 spiro atoms. The molecule has 1 atom stereocenters. The van der Waals surface area contributed by atoms with E-state index >= 15 is 0 Å². The van der Waals surface area contributed by atoms with E-state index in [2.05, 4.69) is 61.6 Å². The molecule has 1 aromatic heterocycles. The van der Waals surface area contributed by atoms with Gasteiger partial charge in [0.15, 0.2) is 0 Å². The highest BCUT2D eigenvalue weighted by Crippen LogP contribution is 2.18. The molecule has 1 aromatic carbocycles. The van der Waals surface area contributed by atoms with Crippen molar-refractivity contribution in [3.05, 3.63) is 53.3 Å². The topological polar surface area (TPSA) is 55.9 Å². The first-order valence-electron chi connectivity index (χ1n) is 6.67. The highest BCUT2D eigenvalue weighted by Gasteiger charge is 2.12. The number of hydrazine groups is 1. The summed E-state index contributed by atoms with van der Waals surface area (Å²) in [6, 6.07) is 11.0. The molecule has 0 fully saturated rings. The molecule has 4 heteroatoms. The van der Waals surface area contributed by atoms with Crippen LogP contribution in [0.3, 0.4) is 0 Å². The monoisotopic (exact) mass is 258 g/mol. The normalized spacial score (nSPS) is 12.9. The van der Waals surface area contributed by atoms with E-state index in [1.165, 1.54) is 11.1 Å². The van der Waals surface area contributed by atoms with Crippen molar-refractivity contribution in [2.45, 2.75) is 39.3 Å². The SMILES string of the molecule is Cc1ccc(C(Cc2ccn(C(C)C)n2)NN)cc1. The van der Waals surface area contributed by atoms with E-state index in [1.54, 1.807) is 0 Å². The summed E-state index contributed by atoms with van der Waals surface area (Å²) in [5, 5.41) is 4.56. The predicted molar refractivity (Wildman–Crippen MR) is 77.6 cm³/mol. The van der Waals surface area contributed by atoms with Crippen LogP contribution in [-0.2, 0) is 6.42 Å². The number of hydrogen-bond donors (Lipinski definition) is 2. The highest BCUT2D eigenvalue weighted by atomic mass is 15.3. The number of nitrogens with zero attached hydrogens (tertiary/aromatic N) is 2. The van der Waals surface area contributed by atoms with Crippen LogP contribution in [0.4, 0.5) is 0 Å². The minimum Gasteiger partial charge on any atom is -0.271 e. The molecule has 2 aromatic rings. The molecule has 19 heavy (non-hydrogen) atoms. The van der Waals surface area contributed by atoms with Crippen molar-refractivity contribution in [2.24, 2.45) is 5.84 Å². The van der Waals surface area contributed by atoms with Crippen LogP contribution < -0.4 is 11.3 Å². The number of nitrogens with two attached hydrogens (primary N) is 1. The minimum absolute atomic E-state index is 0.0936. The van der Waals surface area contributed by atoms with E-state index in [4.69, 9.17) is 5.84 Å². The Balaban J connectivity index is 2.12. The lowest BCUT2D eigenvalue weighted by Crippen LogP contribution is -2.29. The molecular weight excluding hydrogens is 236 g/mol. The Morgan fingerprint density at radius 3 is 2.42 bits per heavy atom. The van der Waals surface area contributed by atoms with Crippen LogP contribution in [0.15, 0.2) is 36.5 Å². The molecular formula is C15H22N4. The molecule has 1 unspecified atom stereocenters. The third kappa shape index (κ3) is 3.43. The van der Waals surface area contributed by atoms with Crippen LogP contribution >= 0.6 is 0 Å². The van der Waals surface area contributed by atoms with E-state index in [-0.39, 0.29) is 6.04 Å². The minimum atomic E-state index is 0.0936. The maximum Gasteiger partial charge on any atom is 0.0644 e. The zero-order valence-corrected chi connectivity index (χ0v) is 11.8. The van der Waals surface area contributed by atoms with Gasteiger partial charge in [0.05, 0.1) is 11.7 Å². The fourth-order valence-corrected chi connectivity index (χ4v) is 2.05. The summed E-state index contributed by atoms with van der Waals surface area (Å²) in [4.78, 5) is 0. The van der Waals surface area contributed by atoms with E-state index in [0.717, 1.165) is 12.1 Å². The van der Waals surface area contributed by atoms with E-state index < -0.39 is 0 Å². The molecule has 2 rings (SSSR count). The van der Waals surface area contributed by atoms with Crippen LogP contribution in [0, 0.1) is 6.92 Å². The number of aromatic nitrogens is 2. The largest absolute Gasteiger partial charge is 0.271 e. The lowest BCUT2D eigenvalue weighted by atomic mass is 10.0. The van der Waals surface area contributed by atoms with Gasteiger partial charge in [0.2, 0.25) is 0 Å². The molecule has 3 N–H and O–H groups in total. The second-order valence-corrected chi connectivity index (χ2v) is 5.21. The van der Waals surface area contributed by atoms with E-state index in [9.17, 15) is 0 Å². The molecule has 0 saturated heterocycles. The Morgan fingerprint density at radius 2 is 1.89 bits per heavy atom. The average Bonchev–Trinajstić information content (AvgIpc) is 2.86. The molecule has 4 nitrogen and oxygen atoms in total. The van der Waals surface area contributed by atoms with Gasteiger partial charge in [0, 0.05) is 18.7 Å². The van der Waals surface area contributed by atoms with Crippen molar-refractivity contribution in [1.29, 1.82) is 0 Å². The summed E-state index contributed by atoms with van der Waals surface area (Å²) >= 11 is 0. The Hall–Kier alpha value is -1.65. The Kier molecular flexibility index (Phi) is 4.35. The van der Waals surface area contributed by atoms with Gasteiger partial charge >= 0.3 is 0 Å². The first-order chi connectivity index (χ1) is 9.10. The third-order valence-corrected chi connectivity index (χ3v) is 3.29. The van der Waals surface area contributed by atoms with Crippen molar-refractivity contribution in [1.82, 2.24) is 15.2 Å². The second-order valence-electron chi connectivity index (χ2n) is 5.21. The van der Waals surface area contributed by atoms with Crippen LogP contribution in [0.2, 0.25) is 0 Å². The molecule has 0 radical (unpaired) electrons. The maximum absolute atomic E-state index is 5.67. The van der Waals surface area contributed by atoms with Gasteiger partial charge in [-0.05, 0) is 32.4 Å². The quantitative estimate of drug-likeness (QED) is 0.640. The third-order valence-electron chi connectivity index (χ3n) is 3.29. The van der Waals surface area contributed by atoms with Crippen LogP contribution in [-0.4, -0.2) is 9.78 Å². The summed E-state index contributed by atoms with van der Waals surface area (Å²) in [6.07, 6.45) is 2.81. The molecule has 0 aliphatic heterocycles. The summed E-state index contributed by atoms with van der Waals surface area (Å²) in [5.74, 6) is 5.67. The van der Waals surface area contributed by atoms with Gasteiger partial charge in [-0.1, -0.05) is 29.8 Å². The summed E-state index contributed by atoms with van der Waals surface area (Å²) in [7, 11) is 0. The Labute approximate surface area is 114 Å². The maximum atomic E-state index is 5.67. The molecule has 102 valence electrons. The first kappa shape index (κ1) is 13.8. The van der Waals surface area contributed by atoms with Crippen LogP contribution in [0.1, 0.15) is 42.8 Å². The van der Waals surface area contributed by atoms with Crippen molar-refractivity contribution in [3.63, 3.8) is 0 Å². The Bertz CT molecular complexity index is 513. The highest BCUT2D eigenvalue weighted by molar-refractivity contribution is 5.25. The number of nitrogens with one attached hydrogen (secondary N) is 1. The second kappa shape index (κ2) is 5.99. The predicted octanol–water partition coefficient (Wildman–Crippen LogP) is 2.52. The van der Waals surface area contributed by atoms with Gasteiger partial charge in [-0.15, -0.1) is 0 Å². The summed E-state index contributed by atoms with van der Waals surface area (Å²) in [5.41, 5.74) is 6.37. The molecule has 0 aliphatic carbocycles. The van der Waals surface area contributed by atoms with Crippen molar-refractivity contribution < 1.29 is 0 Å². The smallest absolute Gasteiger partial charge is 0.0644 e. The van der Waals surface area contributed by atoms with Crippen molar-refractivity contribution in [3.8, 4) is 0 Å². The number of rotatable bonds is 5. The van der Waals surface area contributed by atoms with Gasteiger partial charge in [0.1, 0.15) is 0 Å². The number of aryl methyl sites for hydroxylation is 1. The molecule has 1 heterocycles. The van der Waals surface area contributed by atoms with E-state index in [1.807, 2.05) is 10.9 Å². The number of hydrogen-bond acceptors (Lipinski definition) is 3. The van der Waals surface area contributed by atoms with Gasteiger partial charge in [-0.2, -0.15) is 5.10 Å². The molecule has 0 amide bonds. The fourth-order valence-electron chi connectivity index (χ4n) is 2.05. The lowest BCUT2D eigenvalue weighted by molar-refractivity contribution is 0.507. The van der Waals surface area contributed by atoms with Gasteiger partial charge < -0.3 is 0 Å². The molecule has 0 saturated carbocycles. The van der Waals surface area contributed by atoms with Crippen LogP contribution in [0.5, 0.6) is 0 Å². The standard InChI is InChI=1S/C15H22N4/c1-11(2)19-9-8-14(18-19)10-15(17-16)13-6-4-12(3)5-7-13/h4-9,11,15,17H,10,16H2,1-3H3. The van der Waals surface area contributed by atoms with Crippen LogP contribution in [0.25, 0.3) is 0 Å². The van der Waals surface area contributed by atoms with Gasteiger partial charge in [0.25, 0.3) is 0 Å². The van der Waals surface area contributed by atoms with Gasteiger partial charge in [-0.25, -0.2) is 0 Å². The zero-order valence-electron chi connectivity index (χ0n) is 11.8. The molecule has 0 aliphatic rings. The lowest BCUT2D eigenvalue weighted by Gasteiger charge is -2.15. The van der Waals surface area contributed by atoms with Crippen molar-refractivity contribution in [2.75, 3.05) is 0 Å². The van der Waals surface area contributed by atoms with Gasteiger partial charge in [-0.3, -0.25) is 16.0 Å². The average molecular weight is 258 g/mol. The number of benzene rings is 1. The Morgan fingerprint density at radius 1 is 1.21 bits per heavy atom. The fraction of sp³-hybridized carbons (Fsp3) is 0.400. The summed E-state index contributed by atoms with van der Waals surface area (Å²) in [6.45, 7) is 6.32. The molecule has 0 bridgehead atoms. The van der Waals surface area contributed by atoms with Crippen molar-refractivity contribution >= 4 is 0 Å². The van der Waals surface area contributed by atoms with E-state index in [0.29, 0.717) is 6.04 Å². The first-order valence-corrected chi connectivity index (χ1v) is 6.67.